The topological polar surface area (TPSA) is 94.3 Å². The van der Waals surface area contributed by atoms with Crippen molar-refractivity contribution < 1.29 is 9.59 Å². The minimum atomic E-state index is -0.585. The van der Waals surface area contributed by atoms with Gasteiger partial charge in [0.15, 0.2) is 0 Å². The number of likely N-dealkylation sites (N-methyl/N-ethyl adjacent to an activating group) is 1. The van der Waals surface area contributed by atoms with E-state index < -0.39 is 5.91 Å². The third-order valence-corrected chi connectivity index (χ3v) is 5.18. The van der Waals surface area contributed by atoms with Gasteiger partial charge in [0.1, 0.15) is 5.56 Å². The van der Waals surface area contributed by atoms with E-state index in [1.54, 1.807) is 24.3 Å². The zero-order chi connectivity index (χ0) is 20.4. The highest BCUT2D eigenvalue weighted by atomic mass is 16.2. The first kappa shape index (κ1) is 18.7. The summed E-state index contributed by atoms with van der Waals surface area (Å²) < 4.78 is 0. The second-order valence-corrected chi connectivity index (χ2v) is 6.98. The number of fused-ring (bicyclic) bond motifs is 2. The molecule has 3 N–H and O–H groups in total. The predicted octanol–water partition coefficient (Wildman–Crippen LogP) is 2.28. The van der Waals surface area contributed by atoms with Crippen LogP contribution in [0.5, 0.6) is 0 Å². The number of rotatable bonds is 5. The van der Waals surface area contributed by atoms with Crippen molar-refractivity contribution >= 4 is 34.1 Å². The maximum Gasteiger partial charge on any atom is 0.257 e. The minimum Gasteiger partial charge on any atom is -0.371 e. The Kier molecular flexibility index (Phi) is 5.03. The number of nitrogens with zero attached hydrogens (tertiary/aromatic N) is 1. The zero-order valence-corrected chi connectivity index (χ0v) is 16.1. The van der Waals surface area contributed by atoms with Gasteiger partial charge < -0.3 is 20.5 Å². The lowest BCUT2D eigenvalue weighted by molar-refractivity contribution is -0.115. The molecule has 0 spiro atoms. The van der Waals surface area contributed by atoms with Crippen LogP contribution in [0, 0.1) is 0 Å². The van der Waals surface area contributed by atoms with Gasteiger partial charge >= 0.3 is 0 Å². The van der Waals surface area contributed by atoms with Crippen LogP contribution in [0.15, 0.2) is 53.5 Å². The first-order valence-corrected chi connectivity index (χ1v) is 9.63. The number of anilines is 2. The van der Waals surface area contributed by atoms with Gasteiger partial charge in [-0.3, -0.25) is 14.4 Å². The van der Waals surface area contributed by atoms with Crippen LogP contribution in [0.25, 0.3) is 10.9 Å². The van der Waals surface area contributed by atoms with Gasteiger partial charge in [-0.25, -0.2) is 0 Å². The molecule has 29 heavy (non-hydrogen) atoms. The first-order valence-electron chi connectivity index (χ1n) is 9.63. The van der Waals surface area contributed by atoms with E-state index in [1.165, 1.54) is 11.8 Å². The van der Waals surface area contributed by atoms with Crippen molar-refractivity contribution in [1.82, 2.24) is 10.3 Å². The Hall–Kier alpha value is -3.61. The van der Waals surface area contributed by atoms with Crippen molar-refractivity contribution in [1.29, 1.82) is 0 Å². The van der Waals surface area contributed by atoms with Gasteiger partial charge in [0.05, 0.1) is 6.54 Å². The predicted molar refractivity (Wildman–Crippen MR) is 114 cm³/mol. The Morgan fingerprint density at radius 3 is 2.83 bits per heavy atom. The van der Waals surface area contributed by atoms with Gasteiger partial charge in [-0.15, -0.1) is 0 Å². The molecule has 1 aromatic heterocycles. The highest BCUT2D eigenvalue weighted by molar-refractivity contribution is 6.00. The van der Waals surface area contributed by atoms with Crippen molar-refractivity contribution in [2.24, 2.45) is 0 Å². The zero-order valence-electron chi connectivity index (χ0n) is 16.1. The van der Waals surface area contributed by atoms with E-state index in [1.807, 2.05) is 18.2 Å². The third kappa shape index (κ3) is 3.71. The maximum atomic E-state index is 12.5. The van der Waals surface area contributed by atoms with Crippen LogP contribution in [0.1, 0.15) is 22.8 Å². The number of benzene rings is 2. The molecule has 148 valence electrons. The van der Waals surface area contributed by atoms with Crippen molar-refractivity contribution in [2.45, 2.75) is 13.3 Å². The monoisotopic (exact) mass is 390 g/mol. The van der Waals surface area contributed by atoms with Crippen LogP contribution in [0.4, 0.5) is 11.4 Å². The number of nitrogens with one attached hydrogen (secondary N) is 3. The van der Waals surface area contributed by atoms with Crippen LogP contribution < -0.4 is 21.0 Å². The van der Waals surface area contributed by atoms with Gasteiger partial charge in [0.25, 0.3) is 5.91 Å². The molecule has 0 unspecified atom stereocenters. The number of hydrogen-bond donors (Lipinski definition) is 3. The van der Waals surface area contributed by atoms with Crippen molar-refractivity contribution in [3.8, 4) is 0 Å². The molecule has 4 rings (SSSR count). The maximum absolute atomic E-state index is 12.5. The summed E-state index contributed by atoms with van der Waals surface area (Å²) in [5.41, 5.74) is 3.37. The molecule has 7 nitrogen and oxygen atoms in total. The molecule has 1 aliphatic heterocycles. The Bertz CT molecular complexity index is 1150. The summed E-state index contributed by atoms with van der Waals surface area (Å²) in [5.74, 6) is -0.935. The fourth-order valence-corrected chi connectivity index (χ4v) is 3.65. The van der Waals surface area contributed by atoms with Crippen LogP contribution in [-0.4, -0.2) is 36.4 Å². The molecule has 3 aromatic rings. The molecule has 2 heterocycles. The molecule has 0 saturated heterocycles. The molecule has 2 aromatic carbocycles. The molecule has 0 aliphatic carbocycles. The first-order chi connectivity index (χ1) is 14.1. The van der Waals surface area contributed by atoms with E-state index in [9.17, 15) is 14.4 Å². The number of carbonyl (C=O) groups is 2. The summed E-state index contributed by atoms with van der Waals surface area (Å²) >= 11 is 0. The largest absolute Gasteiger partial charge is 0.371 e. The number of hydrogen-bond acceptors (Lipinski definition) is 4. The average Bonchev–Trinajstić information content (AvgIpc) is 3.15. The van der Waals surface area contributed by atoms with Crippen molar-refractivity contribution in [3.05, 3.63) is 70.0 Å². The Morgan fingerprint density at radius 1 is 1.17 bits per heavy atom. The summed E-state index contributed by atoms with van der Waals surface area (Å²) in [6.45, 7) is 3.78. The highest BCUT2D eigenvalue weighted by Gasteiger charge is 2.18. The highest BCUT2D eigenvalue weighted by Crippen LogP contribution is 2.30. The number of aromatic amines is 1. The van der Waals surface area contributed by atoms with Gasteiger partial charge in [-0.1, -0.05) is 18.2 Å². The van der Waals surface area contributed by atoms with Crippen molar-refractivity contribution in [2.75, 3.05) is 29.9 Å². The van der Waals surface area contributed by atoms with Gasteiger partial charge in [-0.05, 0) is 43.2 Å². The van der Waals surface area contributed by atoms with E-state index in [4.69, 9.17) is 0 Å². The Labute approximate surface area is 167 Å². The average molecular weight is 390 g/mol. The van der Waals surface area contributed by atoms with E-state index in [-0.39, 0.29) is 23.4 Å². The number of pyridine rings is 1. The Morgan fingerprint density at radius 2 is 2.00 bits per heavy atom. The van der Waals surface area contributed by atoms with Crippen LogP contribution in [0.3, 0.4) is 0 Å². The molecular formula is C22H22N4O3. The normalized spacial score (nSPS) is 12.7. The van der Waals surface area contributed by atoms with E-state index in [2.05, 4.69) is 27.4 Å². The standard InChI is InChI=1S/C22H22N4O3/c1-2-26-10-9-14-7-8-15(11-19(14)26)25-20(27)13-24-22(29)17-12-23-18-6-4-3-5-16(18)21(17)28/h3-8,11-12H,2,9-10,13H2,1H3,(H,23,28)(H,24,29)(H,25,27). The SMILES string of the molecule is CCN1CCc2ccc(NC(=O)CNC(=O)c3c[nH]c4ccccc4c3=O)cc21. The van der Waals surface area contributed by atoms with E-state index >= 15 is 0 Å². The number of H-pyrrole nitrogens is 1. The van der Waals surface area contributed by atoms with Gasteiger partial charge in [-0.2, -0.15) is 0 Å². The van der Waals surface area contributed by atoms with Gasteiger partial charge in [0, 0.05) is 41.6 Å². The third-order valence-electron chi connectivity index (χ3n) is 5.18. The molecule has 0 radical (unpaired) electrons. The van der Waals surface area contributed by atoms with Crippen molar-refractivity contribution in [3.63, 3.8) is 0 Å². The fraction of sp³-hybridized carbons (Fsp3) is 0.227. The second kappa shape index (κ2) is 7.79. The summed E-state index contributed by atoms with van der Waals surface area (Å²) in [7, 11) is 0. The lowest BCUT2D eigenvalue weighted by Crippen LogP contribution is -2.35. The summed E-state index contributed by atoms with van der Waals surface area (Å²) in [6, 6.07) is 12.8. The summed E-state index contributed by atoms with van der Waals surface area (Å²) in [4.78, 5) is 42.3. The van der Waals surface area contributed by atoms with Gasteiger partial charge in [0.2, 0.25) is 11.3 Å². The van der Waals surface area contributed by atoms with E-state index in [0.717, 1.165) is 25.2 Å². The van der Waals surface area contributed by atoms with Crippen LogP contribution >= 0.6 is 0 Å². The number of amides is 2. The molecule has 0 saturated carbocycles. The second-order valence-electron chi connectivity index (χ2n) is 6.98. The lowest BCUT2D eigenvalue weighted by atomic mass is 10.1. The van der Waals surface area contributed by atoms with Crippen LogP contribution in [-0.2, 0) is 11.2 Å². The molecule has 0 atom stereocenters. The van der Waals surface area contributed by atoms with E-state index in [0.29, 0.717) is 16.6 Å². The van der Waals surface area contributed by atoms with Crippen LogP contribution in [0.2, 0.25) is 0 Å². The molecular weight excluding hydrogens is 368 g/mol. The molecule has 7 heteroatoms. The molecule has 2 amide bonds. The fourth-order valence-electron chi connectivity index (χ4n) is 3.65. The number of aromatic nitrogens is 1. The molecule has 1 aliphatic rings. The summed E-state index contributed by atoms with van der Waals surface area (Å²) in [6.07, 6.45) is 2.38. The number of para-hydroxylation sites is 1. The summed E-state index contributed by atoms with van der Waals surface area (Å²) in [5, 5.41) is 5.75. The Balaban J connectivity index is 1.41. The molecule has 0 bridgehead atoms. The molecule has 0 fully saturated rings. The lowest BCUT2D eigenvalue weighted by Gasteiger charge is -2.17. The quantitative estimate of drug-likeness (QED) is 0.623. The number of carbonyl (C=O) groups excluding carboxylic acids is 2. The minimum absolute atomic E-state index is 0.0207. The smallest absolute Gasteiger partial charge is 0.257 e.